The summed E-state index contributed by atoms with van der Waals surface area (Å²) in [6.07, 6.45) is 4.26. The number of nitrogens with two attached hydrogens (primary N) is 1. The molecule has 0 spiro atoms. The summed E-state index contributed by atoms with van der Waals surface area (Å²) in [5.41, 5.74) is 6.99. The van der Waals surface area contributed by atoms with E-state index in [4.69, 9.17) is 10.8 Å². The summed E-state index contributed by atoms with van der Waals surface area (Å²) in [6.45, 7) is 0.491. The minimum atomic E-state index is -0.721. The third kappa shape index (κ3) is 3.10. The van der Waals surface area contributed by atoms with Crippen LogP contribution in [-0.4, -0.2) is 17.6 Å². The maximum Gasteiger partial charge on any atom is 0.303 e. The monoisotopic (exact) mass is 247 g/mol. The smallest absolute Gasteiger partial charge is 0.303 e. The van der Waals surface area contributed by atoms with Crippen LogP contribution in [0.3, 0.4) is 0 Å². The van der Waals surface area contributed by atoms with Gasteiger partial charge >= 0.3 is 5.97 Å². The first-order valence-corrected chi connectivity index (χ1v) is 6.59. The lowest BCUT2D eigenvalue weighted by atomic mass is 9.81. The molecule has 1 aliphatic rings. The van der Waals surface area contributed by atoms with Crippen molar-refractivity contribution in [2.24, 2.45) is 17.1 Å². The molecule has 0 aromatic heterocycles. The van der Waals surface area contributed by atoms with Crippen molar-refractivity contribution in [1.82, 2.24) is 0 Å². The molecular formula is C15H21NO2. The van der Waals surface area contributed by atoms with Gasteiger partial charge < -0.3 is 10.8 Å². The normalized spacial score (nSPS) is 27.3. The molecule has 0 bridgehead atoms. The standard InChI is InChI=1S/C15H21NO2/c16-11-15(10-14(17)18)7-6-13(9-15)8-12-4-2-1-3-5-12/h1-5,13H,6-11,16H2,(H,17,18)/t13-,15-/m1/s1. The summed E-state index contributed by atoms with van der Waals surface area (Å²) in [7, 11) is 0. The lowest BCUT2D eigenvalue weighted by Gasteiger charge is -2.25. The Labute approximate surface area is 108 Å². The molecule has 2 rings (SSSR count). The molecule has 1 aromatic carbocycles. The van der Waals surface area contributed by atoms with Crippen LogP contribution in [0.5, 0.6) is 0 Å². The Morgan fingerprint density at radius 1 is 1.39 bits per heavy atom. The molecule has 1 aliphatic carbocycles. The Kier molecular flexibility index (Phi) is 4.02. The molecule has 0 amide bonds. The summed E-state index contributed by atoms with van der Waals surface area (Å²) in [4.78, 5) is 10.9. The molecule has 0 heterocycles. The minimum absolute atomic E-state index is 0.161. The van der Waals surface area contributed by atoms with Gasteiger partial charge in [0.2, 0.25) is 0 Å². The average molecular weight is 247 g/mol. The summed E-state index contributed by atoms with van der Waals surface area (Å²) < 4.78 is 0. The van der Waals surface area contributed by atoms with Gasteiger partial charge in [0.1, 0.15) is 0 Å². The van der Waals surface area contributed by atoms with Gasteiger partial charge in [-0.3, -0.25) is 4.79 Å². The molecule has 3 heteroatoms. The third-order valence-electron chi connectivity index (χ3n) is 4.13. The number of rotatable bonds is 5. The number of aliphatic carboxylic acids is 1. The van der Waals surface area contributed by atoms with Gasteiger partial charge in [-0.15, -0.1) is 0 Å². The van der Waals surface area contributed by atoms with Crippen LogP contribution in [0.25, 0.3) is 0 Å². The SMILES string of the molecule is NC[C@]1(CC(=O)O)CC[C@H](Cc2ccccc2)C1. The second kappa shape index (κ2) is 5.53. The molecule has 3 nitrogen and oxygen atoms in total. The van der Waals surface area contributed by atoms with Crippen molar-refractivity contribution in [3.8, 4) is 0 Å². The number of hydrogen-bond acceptors (Lipinski definition) is 2. The van der Waals surface area contributed by atoms with E-state index in [1.54, 1.807) is 0 Å². The quantitative estimate of drug-likeness (QED) is 0.840. The molecule has 1 fully saturated rings. The first kappa shape index (κ1) is 13.1. The van der Waals surface area contributed by atoms with Crippen LogP contribution in [0.2, 0.25) is 0 Å². The number of hydrogen-bond donors (Lipinski definition) is 2. The zero-order chi connectivity index (χ0) is 13.0. The van der Waals surface area contributed by atoms with Crippen molar-refractivity contribution in [2.75, 3.05) is 6.54 Å². The Bertz CT molecular complexity index is 404. The van der Waals surface area contributed by atoms with E-state index in [-0.39, 0.29) is 11.8 Å². The van der Waals surface area contributed by atoms with E-state index in [2.05, 4.69) is 24.3 Å². The number of carboxylic acid groups (broad SMARTS) is 1. The first-order valence-electron chi connectivity index (χ1n) is 6.59. The van der Waals surface area contributed by atoms with E-state index in [1.807, 2.05) is 6.07 Å². The number of benzene rings is 1. The Balaban J connectivity index is 1.97. The van der Waals surface area contributed by atoms with Crippen LogP contribution in [0.4, 0.5) is 0 Å². The lowest BCUT2D eigenvalue weighted by molar-refractivity contribution is -0.139. The van der Waals surface area contributed by atoms with Gasteiger partial charge in [-0.2, -0.15) is 0 Å². The number of carboxylic acids is 1. The predicted molar refractivity (Wildman–Crippen MR) is 71.2 cm³/mol. The lowest BCUT2D eigenvalue weighted by Crippen LogP contribution is -2.30. The van der Waals surface area contributed by atoms with E-state index in [1.165, 1.54) is 5.56 Å². The zero-order valence-corrected chi connectivity index (χ0v) is 10.6. The molecular weight excluding hydrogens is 226 g/mol. The second-order valence-electron chi connectivity index (χ2n) is 5.57. The maximum atomic E-state index is 10.9. The first-order chi connectivity index (χ1) is 8.63. The predicted octanol–water partition coefficient (Wildman–Crippen LogP) is 2.45. The van der Waals surface area contributed by atoms with Gasteiger partial charge in [-0.05, 0) is 49.1 Å². The molecule has 0 aliphatic heterocycles. The van der Waals surface area contributed by atoms with Crippen LogP contribution >= 0.6 is 0 Å². The molecule has 1 aromatic rings. The molecule has 3 N–H and O–H groups in total. The fourth-order valence-corrected chi connectivity index (χ4v) is 3.19. The molecule has 2 atom stereocenters. The highest BCUT2D eigenvalue weighted by atomic mass is 16.4. The summed E-state index contributed by atoms with van der Waals surface area (Å²) in [5.74, 6) is -0.142. The zero-order valence-electron chi connectivity index (χ0n) is 10.6. The number of carbonyl (C=O) groups is 1. The van der Waals surface area contributed by atoms with Crippen molar-refractivity contribution in [2.45, 2.75) is 32.1 Å². The van der Waals surface area contributed by atoms with E-state index < -0.39 is 5.97 Å². The maximum absolute atomic E-state index is 10.9. The van der Waals surface area contributed by atoms with Crippen LogP contribution in [0, 0.1) is 11.3 Å². The second-order valence-corrected chi connectivity index (χ2v) is 5.57. The third-order valence-corrected chi connectivity index (χ3v) is 4.13. The highest BCUT2D eigenvalue weighted by molar-refractivity contribution is 5.67. The van der Waals surface area contributed by atoms with Gasteiger partial charge in [0.15, 0.2) is 0 Å². The van der Waals surface area contributed by atoms with Crippen molar-refractivity contribution < 1.29 is 9.90 Å². The fourth-order valence-electron chi connectivity index (χ4n) is 3.19. The van der Waals surface area contributed by atoms with Crippen LogP contribution in [-0.2, 0) is 11.2 Å². The average Bonchev–Trinajstić information content (AvgIpc) is 2.73. The van der Waals surface area contributed by atoms with Gasteiger partial charge in [0.25, 0.3) is 0 Å². The van der Waals surface area contributed by atoms with Crippen molar-refractivity contribution in [3.05, 3.63) is 35.9 Å². The summed E-state index contributed by atoms with van der Waals surface area (Å²) >= 11 is 0. The van der Waals surface area contributed by atoms with E-state index >= 15 is 0 Å². The Morgan fingerprint density at radius 3 is 2.72 bits per heavy atom. The highest BCUT2D eigenvalue weighted by Crippen LogP contribution is 2.44. The van der Waals surface area contributed by atoms with Crippen LogP contribution in [0.1, 0.15) is 31.2 Å². The Hall–Kier alpha value is -1.35. The largest absolute Gasteiger partial charge is 0.481 e. The highest BCUT2D eigenvalue weighted by Gasteiger charge is 2.39. The van der Waals surface area contributed by atoms with Crippen LogP contribution < -0.4 is 5.73 Å². The van der Waals surface area contributed by atoms with Gasteiger partial charge in [-0.1, -0.05) is 30.3 Å². The molecule has 1 saturated carbocycles. The fraction of sp³-hybridized carbons (Fsp3) is 0.533. The summed E-state index contributed by atoms with van der Waals surface area (Å²) in [5, 5.41) is 8.99. The van der Waals surface area contributed by atoms with Gasteiger partial charge in [-0.25, -0.2) is 0 Å². The molecule has 18 heavy (non-hydrogen) atoms. The van der Waals surface area contributed by atoms with Crippen molar-refractivity contribution in [3.63, 3.8) is 0 Å². The van der Waals surface area contributed by atoms with Crippen LogP contribution in [0.15, 0.2) is 30.3 Å². The van der Waals surface area contributed by atoms with Crippen molar-refractivity contribution >= 4 is 5.97 Å². The van der Waals surface area contributed by atoms with E-state index in [0.717, 1.165) is 25.7 Å². The van der Waals surface area contributed by atoms with E-state index in [9.17, 15) is 4.79 Å². The molecule has 0 radical (unpaired) electrons. The van der Waals surface area contributed by atoms with Crippen molar-refractivity contribution in [1.29, 1.82) is 0 Å². The molecule has 0 unspecified atom stereocenters. The molecule has 98 valence electrons. The topological polar surface area (TPSA) is 63.3 Å². The van der Waals surface area contributed by atoms with Gasteiger partial charge in [0.05, 0.1) is 6.42 Å². The van der Waals surface area contributed by atoms with Gasteiger partial charge in [0, 0.05) is 0 Å². The molecule has 0 saturated heterocycles. The minimum Gasteiger partial charge on any atom is -0.481 e. The summed E-state index contributed by atoms with van der Waals surface area (Å²) in [6, 6.07) is 10.4. The Morgan fingerprint density at radius 2 is 2.11 bits per heavy atom. The van der Waals surface area contributed by atoms with E-state index in [0.29, 0.717) is 12.5 Å².